The van der Waals surface area contributed by atoms with Crippen LogP contribution in [0.25, 0.3) is 0 Å². The van der Waals surface area contributed by atoms with Crippen LogP contribution in [0.5, 0.6) is 5.75 Å². The van der Waals surface area contributed by atoms with Gasteiger partial charge in [0.05, 0.1) is 25.2 Å². The number of carbonyl (C=O) groups excluding carboxylic acids is 1. The Hall–Kier alpha value is -3.66. The van der Waals surface area contributed by atoms with E-state index in [9.17, 15) is 57.7 Å². The number of aliphatic hydroxyl groups excluding tert-OH is 7. The highest BCUT2D eigenvalue weighted by atomic mass is 32.2. The normalized spacial score (nSPS) is 32.6. The first-order valence-electron chi connectivity index (χ1n) is 17.6. The van der Waals surface area contributed by atoms with Crippen molar-refractivity contribution in [1.82, 2.24) is 0 Å². The Bertz CT molecular complexity index is 1850. The van der Waals surface area contributed by atoms with Crippen LogP contribution in [0.2, 0.25) is 0 Å². The van der Waals surface area contributed by atoms with Gasteiger partial charge in [0.2, 0.25) is 5.91 Å². The molecule has 0 aliphatic carbocycles. The minimum absolute atomic E-state index is 0.121. The first-order valence-corrected chi connectivity index (χ1v) is 19.2. The fourth-order valence-corrected chi connectivity index (χ4v) is 8.34. The zero-order valence-electron chi connectivity index (χ0n) is 29.2. The first-order chi connectivity index (χ1) is 26.2. The topological polar surface area (TPSA) is 233 Å². The lowest BCUT2D eigenvalue weighted by atomic mass is 9.78. The van der Waals surface area contributed by atoms with Crippen molar-refractivity contribution < 1.29 is 76.1 Å². The summed E-state index contributed by atoms with van der Waals surface area (Å²) < 4.78 is 75.1. The van der Waals surface area contributed by atoms with Gasteiger partial charge in [0.1, 0.15) is 78.1 Å². The summed E-state index contributed by atoms with van der Waals surface area (Å²) in [6.07, 6.45) is -15.3. The third-order valence-electron chi connectivity index (χ3n) is 10.1. The van der Waals surface area contributed by atoms with E-state index >= 15 is 0 Å². The molecule has 3 aliphatic heterocycles. The molecule has 10 unspecified atom stereocenters. The molecular weight excluding hydrogens is 752 g/mol. The number of halogens is 2. The Labute approximate surface area is 315 Å². The number of aryl methyl sites for hydroxylation is 1. The summed E-state index contributed by atoms with van der Waals surface area (Å²) in [4.78, 5) is 14.9. The van der Waals surface area contributed by atoms with E-state index in [2.05, 4.69) is 0 Å². The fraction of sp³-hybridized carbons (Fsp3) is 0.486. The largest absolute Gasteiger partial charge is 0.394 e. The van der Waals surface area contributed by atoms with Gasteiger partial charge in [-0.1, -0.05) is 24.3 Å². The zero-order valence-corrected chi connectivity index (χ0v) is 30.0. The van der Waals surface area contributed by atoms with Crippen LogP contribution in [0.4, 0.5) is 14.5 Å². The van der Waals surface area contributed by atoms with Gasteiger partial charge in [-0.25, -0.2) is 8.78 Å². The van der Waals surface area contributed by atoms with Crippen molar-refractivity contribution in [2.24, 2.45) is 5.92 Å². The fourth-order valence-electron chi connectivity index (χ4n) is 7.18. The van der Waals surface area contributed by atoms with Gasteiger partial charge < -0.3 is 59.0 Å². The highest BCUT2D eigenvalue weighted by Crippen LogP contribution is 2.46. The number of anilines is 1. The predicted molar refractivity (Wildman–Crippen MR) is 187 cm³/mol. The summed E-state index contributed by atoms with van der Waals surface area (Å²) in [5.74, 6) is -2.55. The highest BCUT2D eigenvalue weighted by Gasteiger charge is 2.51. The number of rotatable bonds is 14. The first kappa shape index (κ1) is 41.0. The molecule has 12 atom stereocenters. The maximum absolute atomic E-state index is 13.7. The third kappa shape index (κ3) is 9.00. The van der Waals surface area contributed by atoms with Gasteiger partial charge in [0, 0.05) is 5.69 Å². The maximum atomic E-state index is 13.7. The molecule has 0 aromatic heterocycles. The van der Waals surface area contributed by atoms with Gasteiger partial charge in [-0.3, -0.25) is 4.79 Å². The Morgan fingerprint density at radius 2 is 1.31 bits per heavy atom. The minimum Gasteiger partial charge on any atom is -0.394 e. The lowest BCUT2D eigenvalue weighted by Crippen LogP contribution is -2.65. The van der Waals surface area contributed by atoms with E-state index < -0.39 is 108 Å². The molecule has 55 heavy (non-hydrogen) atoms. The average Bonchev–Trinajstić information content (AvgIpc) is 3.16. The van der Waals surface area contributed by atoms with Crippen LogP contribution in [-0.2, 0) is 35.5 Å². The average molecular weight is 796 g/mol. The second-order valence-corrected chi connectivity index (χ2v) is 15.4. The Morgan fingerprint density at radius 1 is 0.709 bits per heavy atom. The van der Waals surface area contributed by atoms with E-state index in [0.717, 1.165) is 5.56 Å². The number of hydrogen-bond acceptors (Lipinski definition) is 14. The van der Waals surface area contributed by atoms with E-state index in [1.54, 1.807) is 24.3 Å². The maximum Gasteiger partial charge on any atom is 0.311 e. The van der Waals surface area contributed by atoms with Crippen molar-refractivity contribution in [3.8, 4) is 5.75 Å². The smallest absolute Gasteiger partial charge is 0.311 e. The van der Waals surface area contributed by atoms with Crippen LogP contribution in [0, 0.1) is 17.6 Å². The number of carbonyl (C=O) groups is 1. The van der Waals surface area contributed by atoms with E-state index in [1.807, 2.05) is 0 Å². The van der Waals surface area contributed by atoms with Crippen LogP contribution in [0.1, 0.15) is 30.0 Å². The summed E-state index contributed by atoms with van der Waals surface area (Å²) in [6, 6.07) is 17.0. The molecule has 3 heterocycles. The van der Waals surface area contributed by atoms with Crippen molar-refractivity contribution in [2.75, 3.05) is 23.9 Å². The summed E-state index contributed by atoms with van der Waals surface area (Å²) in [5, 5.41) is 71.6. The monoisotopic (exact) mass is 795 g/mol. The molecule has 0 bridgehead atoms. The molecule has 3 saturated heterocycles. The predicted octanol–water partition coefficient (Wildman–Crippen LogP) is 0.0670. The quantitative estimate of drug-likeness (QED) is 0.0846. The Morgan fingerprint density at radius 3 is 1.93 bits per heavy atom. The lowest BCUT2D eigenvalue weighted by Gasteiger charge is -2.47. The minimum atomic E-state index is -4.54. The van der Waals surface area contributed by atoms with Gasteiger partial charge in [0.25, 0.3) is 0 Å². The summed E-state index contributed by atoms with van der Waals surface area (Å²) in [7, 11) is -4.54. The van der Waals surface area contributed by atoms with Crippen LogP contribution in [0.15, 0.2) is 72.8 Å². The molecule has 0 spiro atoms. The molecule has 300 valence electrons. The van der Waals surface area contributed by atoms with Crippen LogP contribution >= 0.6 is 0 Å². The molecule has 6 rings (SSSR count). The zero-order chi connectivity index (χ0) is 39.6. The van der Waals surface area contributed by atoms with Gasteiger partial charge in [-0.05, 0) is 78.9 Å². The second kappa shape index (κ2) is 17.2. The molecular formula is C37H43F2NO14S. The number of β-lactam (4-membered cyclic amide) rings is 1. The molecule has 3 aromatic carbocycles. The molecule has 3 aliphatic rings. The summed E-state index contributed by atoms with van der Waals surface area (Å²) in [5.41, 5.74) is 2.03. The van der Waals surface area contributed by atoms with Crippen molar-refractivity contribution >= 4 is 21.7 Å². The van der Waals surface area contributed by atoms with Gasteiger partial charge >= 0.3 is 10.1 Å². The molecule has 1 amide bonds. The number of amides is 1. The third-order valence-corrected chi connectivity index (χ3v) is 11.3. The summed E-state index contributed by atoms with van der Waals surface area (Å²) in [6.45, 7) is -1.62. The van der Waals surface area contributed by atoms with Crippen molar-refractivity contribution in [2.45, 2.75) is 86.5 Å². The second-order valence-electron chi connectivity index (χ2n) is 13.8. The van der Waals surface area contributed by atoms with Crippen molar-refractivity contribution in [3.05, 3.63) is 95.6 Å². The highest BCUT2D eigenvalue weighted by molar-refractivity contribution is 7.87. The van der Waals surface area contributed by atoms with Crippen LogP contribution in [0.3, 0.4) is 0 Å². The van der Waals surface area contributed by atoms with Crippen LogP contribution in [-0.4, -0.2) is 130 Å². The van der Waals surface area contributed by atoms with E-state index in [1.165, 1.54) is 53.4 Å². The van der Waals surface area contributed by atoms with Gasteiger partial charge in [-0.2, -0.15) is 8.42 Å². The molecule has 3 aromatic rings. The van der Waals surface area contributed by atoms with Crippen molar-refractivity contribution in [1.29, 1.82) is 0 Å². The van der Waals surface area contributed by atoms with E-state index in [0.29, 0.717) is 30.5 Å². The molecule has 0 saturated carbocycles. The van der Waals surface area contributed by atoms with Gasteiger partial charge in [0.15, 0.2) is 6.29 Å². The SMILES string of the molecule is O=C1[C@H](CCCc2ccc(F)cc2)[C@@H](c2ccc(OS(=O)(=O)CC3OC(CO)C(OC4OC(CO)C(O)C(O)C4O)C(O)C3O)cc2)N1c1ccc(F)cc1. The molecule has 18 heteroatoms. The number of nitrogens with zero attached hydrogens (tertiary/aromatic N) is 1. The van der Waals surface area contributed by atoms with E-state index in [4.69, 9.17) is 18.4 Å². The van der Waals surface area contributed by atoms with Gasteiger partial charge in [-0.15, -0.1) is 0 Å². The van der Waals surface area contributed by atoms with E-state index in [-0.39, 0.29) is 17.5 Å². The Kier molecular flexibility index (Phi) is 12.8. The standard InChI is InChI=1S/C37H43F2NO14S/c38-21-8-4-19(5-9-21)2-1-3-25-29(40(36(25)48)23-12-10-22(39)11-13-23)20-6-14-24(15-7-20)54-55(49,50)18-28-31(44)33(46)35(27(17-42)51-28)53-37-34(47)32(45)30(43)26(16-41)52-37/h4-15,25-35,37,41-47H,1-3,16-18H2/t25-,26?,27?,28?,29-,30?,31?,32?,33?,34?,35?,37?/m1/s1. The number of hydrogen-bond donors (Lipinski definition) is 7. The number of aliphatic hydroxyl groups is 7. The Balaban J connectivity index is 1.11. The number of benzene rings is 3. The molecule has 7 N–H and O–H groups in total. The van der Waals surface area contributed by atoms with Crippen LogP contribution < -0.4 is 9.08 Å². The molecule has 0 radical (unpaired) electrons. The lowest BCUT2D eigenvalue weighted by molar-refractivity contribution is -0.341. The molecule has 15 nitrogen and oxygen atoms in total. The van der Waals surface area contributed by atoms with Crippen molar-refractivity contribution in [3.63, 3.8) is 0 Å². The summed E-state index contributed by atoms with van der Waals surface area (Å²) >= 11 is 0. The number of ether oxygens (including phenoxy) is 3. The molecule has 3 fully saturated rings.